The summed E-state index contributed by atoms with van der Waals surface area (Å²) in [5, 5.41) is 2.82. The van der Waals surface area contributed by atoms with Gasteiger partial charge in [-0.15, -0.1) is 0 Å². The molecule has 2 atom stereocenters. The normalized spacial score (nSPS) is 51.6. The van der Waals surface area contributed by atoms with E-state index in [9.17, 15) is 4.79 Å². The third kappa shape index (κ3) is 0.414. The standard InChI is InChI=1S/C8H13NO/c1-5-3-6(2)8(5)4-9-7(8)10/h5-6H,3-4H2,1-2H3,(H,9,10). The van der Waals surface area contributed by atoms with Crippen molar-refractivity contribution < 1.29 is 4.79 Å². The Labute approximate surface area is 61.0 Å². The smallest absolute Gasteiger partial charge is 0.228 e. The topological polar surface area (TPSA) is 29.1 Å². The summed E-state index contributed by atoms with van der Waals surface area (Å²) in [7, 11) is 0. The molecule has 1 N–H and O–H groups in total. The maximum Gasteiger partial charge on any atom is 0.228 e. The predicted molar refractivity (Wildman–Crippen MR) is 38.4 cm³/mol. The number of amides is 1. The van der Waals surface area contributed by atoms with Crippen LogP contribution in [0.5, 0.6) is 0 Å². The first-order chi connectivity index (χ1) is 4.68. The number of hydrogen-bond donors (Lipinski definition) is 1. The molecular formula is C8H13NO. The van der Waals surface area contributed by atoms with E-state index < -0.39 is 0 Å². The van der Waals surface area contributed by atoms with Crippen molar-refractivity contribution in [1.29, 1.82) is 0 Å². The Morgan fingerprint density at radius 3 is 2.20 bits per heavy atom. The van der Waals surface area contributed by atoms with Gasteiger partial charge in [-0.3, -0.25) is 4.79 Å². The van der Waals surface area contributed by atoms with Crippen molar-refractivity contribution >= 4 is 5.91 Å². The van der Waals surface area contributed by atoms with Gasteiger partial charge < -0.3 is 5.32 Å². The molecule has 1 amide bonds. The van der Waals surface area contributed by atoms with E-state index in [0.717, 1.165) is 6.54 Å². The van der Waals surface area contributed by atoms with E-state index in [1.165, 1.54) is 6.42 Å². The number of hydrogen-bond acceptors (Lipinski definition) is 1. The van der Waals surface area contributed by atoms with Crippen LogP contribution in [0.2, 0.25) is 0 Å². The molecule has 1 heterocycles. The second kappa shape index (κ2) is 1.55. The lowest BCUT2D eigenvalue weighted by molar-refractivity contribution is -0.164. The lowest BCUT2D eigenvalue weighted by Gasteiger charge is -2.57. The van der Waals surface area contributed by atoms with Crippen LogP contribution in [-0.2, 0) is 4.79 Å². The lowest BCUT2D eigenvalue weighted by Crippen LogP contribution is -2.70. The van der Waals surface area contributed by atoms with E-state index in [4.69, 9.17) is 0 Å². The first-order valence-corrected chi connectivity index (χ1v) is 3.96. The van der Waals surface area contributed by atoms with Gasteiger partial charge in [0, 0.05) is 6.54 Å². The number of rotatable bonds is 0. The number of nitrogens with one attached hydrogen (secondary N) is 1. The van der Waals surface area contributed by atoms with E-state index in [1.54, 1.807) is 0 Å². The van der Waals surface area contributed by atoms with Crippen LogP contribution < -0.4 is 5.32 Å². The minimum absolute atomic E-state index is 0.0694. The van der Waals surface area contributed by atoms with Crippen LogP contribution in [0.25, 0.3) is 0 Å². The highest BCUT2D eigenvalue weighted by atomic mass is 16.2. The van der Waals surface area contributed by atoms with Crippen LogP contribution >= 0.6 is 0 Å². The molecule has 2 rings (SSSR count). The molecule has 10 heavy (non-hydrogen) atoms. The van der Waals surface area contributed by atoms with E-state index in [2.05, 4.69) is 19.2 Å². The first kappa shape index (κ1) is 6.20. The Kier molecular flexibility index (Phi) is 0.960. The van der Waals surface area contributed by atoms with Gasteiger partial charge in [0.1, 0.15) is 0 Å². The summed E-state index contributed by atoms with van der Waals surface area (Å²) in [6.07, 6.45) is 1.23. The third-order valence-corrected chi connectivity index (χ3v) is 3.43. The molecule has 2 aliphatic rings. The van der Waals surface area contributed by atoms with Gasteiger partial charge in [-0.2, -0.15) is 0 Å². The molecule has 0 aromatic carbocycles. The van der Waals surface area contributed by atoms with Crippen LogP contribution in [0.15, 0.2) is 0 Å². The molecule has 0 aromatic heterocycles. The highest BCUT2D eigenvalue weighted by molar-refractivity contribution is 5.90. The molecule has 56 valence electrons. The summed E-state index contributed by atoms with van der Waals surface area (Å²) in [6.45, 7) is 5.28. The SMILES string of the molecule is CC1CC(C)C12CNC2=O. The average Bonchev–Trinajstić information content (AvgIpc) is 1.84. The summed E-state index contributed by atoms with van der Waals surface area (Å²) in [6, 6.07) is 0. The zero-order valence-electron chi connectivity index (χ0n) is 6.48. The van der Waals surface area contributed by atoms with Crippen molar-refractivity contribution in [3.63, 3.8) is 0 Å². The summed E-state index contributed by atoms with van der Waals surface area (Å²) in [4.78, 5) is 11.1. The molecule has 0 bridgehead atoms. The van der Waals surface area contributed by atoms with Crippen LogP contribution in [-0.4, -0.2) is 12.5 Å². The fourth-order valence-electron chi connectivity index (χ4n) is 2.44. The van der Waals surface area contributed by atoms with Crippen LogP contribution in [0.4, 0.5) is 0 Å². The van der Waals surface area contributed by atoms with Crippen molar-refractivity contribution in [3.8, 4) is 0 Å². The van der Waals surface area contributed by atoms with Crippen molar-refractivity contribution in [2.75, 3.05) is 6.54 Å². The van der Waals surface area contributed by atoms with Crippen molar-refractivity contribution in [2.24, 2.45) is 17.3 Å². The quantitative estimate of drug-likeness (QED) is 0.494. The predicted octanol–water partition coefficient (Wildman–Crippen LogP) is 0.778. The summed E-state index contributed by atoms with van der Waals surface area (Å²) < 4.78 is 0. The van der Waals surface area contributed by atoms with Crippen LogP contribution in [0.3, 0.4) is 0 Å². The highest BCUT2D eigenvalue weighted by Gasteiger charge is 2.60. The molecule has 1 aliphatic carbocycles. The average molecular weight is 139 g/mol. The van der Waals surface area contributed by atoms with Gasteiger partial charge in [0.2, 0.25) is 5.91 Å². The summed E-state index contributed by atoms with van der Waals surface area (Å²) >= 11 is 0. The molecule has 2 unspecified atom stereocenters. The largest absolute Gasteiger partial charge is 0.354 e. The van der Waals surface area contributed by atoms with Crippen LogP contribution in [0.1, 0.15) is 20.3 Å². The molecule has 1 aliphatic heterocycles. The second-order valence-electron chi connectivity index (χ2n) is 3.76. The Hall–Kier alpha value is -0.530. The van der Waals surface area contributed by atoms with Gasteiger partial charge in [0.05, 0.1) is 5.41 Å². The van der Waals surface area contributed by atoms with Crippen molar-refractivity contribution in [3.05, 3.63) is 0 Å². The lowest BCUT2D eigenvalue weighted by atomic mass is 9.50. The van der Waals surface area contributed by atoms with Gasteiger partial charge >= 0.3 is 0 Å². The highest BCUT2D eigenvalue weighted by Crippen LogP contribution is 2.54. The second-order valence-corrected chi connectivity index (χ2v) is 3.76. The summed E-state index contributed by atoms with van der Waals surface area (Å²) in [5.74, 6) is 1.53. The zero-order valence-corrected chi connectivity index (χ0v) is 6.48. The van der Waals surface area contributed by atoms with E-state index >= 15 is 0 Å². The fourth-order valence-corrected chi connectivity index (χ4v) is 2.44. The van der Waals surface area contributed by atoms with Gasteiger partial charge in [-0.05, 0) is 18.3 Å². The molecule has 2 heteroatoms. The van der Waals surface area contributed by atoms with Crippen molar-refractivity contribution in [1.82, 2.24) is 5.32 Å². The molecule has 1 saturated heterocycles. The van der Waals surface area contributed by atoms with Gasteiger partial charge in [0.25, 0.3) is 0 Å². The minimum Gasteiger partial charge on any atom is -0.354 e. The Balaban J connectivity index is 2.21. The Morgan fingerprint density at radius 1 is 1.50 bits per heavy atom. The van der Waals surface area contributed by atoms with Crippen LogP contribution in [0, 0.1) is 17.3 Å². The molecule has 1 spiro atoms. The number of carbonyl (C=O) groups excluding carboxylic acids is 1. The van der Waals surface area contributed by atoms with E-state index in [1.807, 2.05) is 0 Å². The molecule has 2 fully saturated rings. The Bertz CT molecular complexity index is 180. The fraction of sp³-hybridized carbons (Fsp3) is 0.875. The first-order valence-electron chi connectivity index (χ1n) is 3.96. The minimum atomic E-state index is 0.0694. The van der Waals surface area contributed by atoms with Gasteiger partial charge in [-0.1, -0.05) is 13.8 Å². The zero-order chi connectivity index (χ0) is 7.35. The molecule has 0 aromatic rings. The molecular weight excluding hydrogens is 126 g/mol. The summed E-state index contributed by atoms with van der Waals surface area (Å²) in [5.41, 5.74) is 0.0694. The molecule has 1 saturated carbocycles. The van der Waals surface area contributed by atoms with E-state index in [-0.39, 0.29) is 5.41 Å². The third-order valence-electron chi connectivity index (χ3n) is 3.43. The number of carbonyl (C=O) groups is 1. The van der Waals surface area contributed by atoms with Crippen molar-refractivity contribution in [2.45, 2.75) is 20.3 Å². The Morgan fingerprint density at radius 2 is 2.10 bits per heavy atom. The monoisotopic (exact) mass is 139 g/mol. The number of β-lactam (4-membered cyclic amide) rings is 1. The molecule has 2 nitrogen and oxygen atoms in total. The van der Waals surface area contributed by atoms with Gasteiger partial charge in [-0.25, -0.2) is 0 Å². The maximum atomic E-state index is 11.1. The molecule has 0 radical (unpaired) electrons. The maximum absolute atomic E-state index is 11.1. The van der Waals surface area contributed by atoms with Gasteiger partial charge in [0.15, 0.2) is 0 Å². The van der Waals surface area contributed by atoms with E-state index in [0.29, 0.717) is 17.7 Å².